The lowest BCUT2D eigenvalue weighted by Gasteiger charge is -2.33. The Bertz CT molecular complexity index is 487. The summed E-state index contributed by atoms with van der Waals surface area (Å²) >= 11 is 0. The zero-order valence-corrected chi connectivity index (χ0v) is 11.0. The number of nitrogens with zero attached hydrogens (tertiary/aromatic N) is 1. The van der Waals surface area contributed by atoms with Gasteiger partial charge in [0.2, 0.25) is 5.91 Å². The average Bonchev–Trinajstić information content (AvgIpc) is 2.46. The van der Waals surface area contributed by atoms with Gasteiger partial charge in [0.1, 0.15) is 0 Å². The van der Waals surface area contributed by atoms with Crippen molar-refractivity contribution in [1.29, 1.82) is 0 Å². The fourth-order valence-corrected chi connectivity index (χ4v) is 2.46. The summed E-state index contributed by atoms with van der Waals surface area (Å²) in [6.07, 6.45) is 1.70. The van der Waals surface area contributed by atoms with Crippen LogP contribution in [0.5, 0.6) is 0 Å². The maximum Gasteiger partial charge on any atom is 0.339 e. The van der Waals surface area contributed by atoms with E-state index in [9.17, 15) is 9.59 Å². The first-order chi connectivity index (χ1) is 9.13. The van der Waals surface area contributed by atoms with Crippen LogP contribution in [0.2, 0.25) is 0 Å². The van der Waals surface area contributed by atoms with Gasteiger partial charge in [-0.2, -0.15) is 0 Å². The number of ether oxygens (including phenoxy) is 1. The summed E-state index contributed by atoms with van der Waals surface area (Å²) in [5.74, 6) is -0.795. The summed E-state index contributed by atoms with van der Waals surface area (Å²) in [4.78, 5) is 25.1. The van der Waals surface area contributed by atoms with Crippen LogP contribution in [0.15, 0.2) is 24.3 Å². The van der Waals surface area contributed by atoms with Crippen molar-refractivity contribution in [2.24, 2.45) is 11.7 Å². The standard InChI is InChI=1S/C14H18N2O3/c1-19-14(18)11-6-2-3-7-12(11)16-8-4-5-10(9-16)13(15)17/h2-3,6-7,10H,4-5,8-9H2,1H3,(H2,15,17). The van der Waals surface area contributed by atoms with Gasteiger partial charge in [0.15, 0.2) is 0 Å². The number of para-hydroxylation sites is 1. The molecule has 2 N–H and O–H groups in total. The molecule has 1 aromatic rings. The SMILES string of the molecule is COC(=O)c1ccccc1N1CCCC(C(N)=O)C1. The molecule has 0 aliphatic carbocycles. The average molecular weight is 262 g/mol. The Morgan fingerprint density at radius 1 is 1.37 bits per heavy atom. The molecule has 1 heterocycles. The van der Waals surface area contributed by atoms with Crippen LogP contribution in [0.3, 0.4) is 0 Å². The second-order valence-electron chi connectivity index (χ2n) is 4.70. The van der Waals surface area contributed by atoms with Gasteiger partial charge in [-0.3, -0.25) is 4.79 Å². The summed E-state index contributed by atoms with van der Waals surface area (Å²) in [5, 5.41) is 0. The Labute approximate surface area is 112 Å². The van der Waals surface area contributed by atoms with Crippen LogP contribution >= 0.6 is 0 Å². The van der Waals surface area contributed by atoms with Crippen LogP contribution in [-0.2, 0) is 9.53 Å². The number of nitrogens with two attached hydrogens (primary N) is 1. The number of rotatable bonds is 3. The molecular weight excluding hydrogens is 244 g/mol. The molecule has 0 aromatic heterocycles. The fourth-order valence-electron chi connectivity index (χ4n) is 2.46. The van der Waals surface area contributed by atoms with Gasteiger partial charge in [0.05, 0.1) is 24.3 Å². The Balaban J connectivity index is 2.26. The van der Waals surface area contributed by atoms with Crippen LogP contribution < -0.4 is 10.6 Å². The van der Waals surface area contributed by atoms with Crippen molar-refractivity contribution in [3.8, 4) is 0 Å². The molecule has 1 aromatic carbocycles. The number of primary amides is 1. The van der Waals surface area contributed by atoms with Gasteiger partial charge in [-0.25, -0.2) is 4.79 Å². The lowest BCUT2D eigenvalue weighted by molar-refractivity contribution is -0.122. The van der Waals surface area contributed by atoms with Crippen LogP contribution in [-0.4, -0.2) is 32.1 Å². The number of hydrogen-bond acceptors (Lipinski definition) is 4. The molecule has 19 heavy (non-hydrogen) atoms. The monoisotopic (exact) mass is 262 g/mol. The number of carbonyl (C=O) groups is 2. The second-order valence-corrected chi connectivity index (χ2v) is 4.70. The third-order valence-corrected chi connectivity index (χ3v) is 3.47. The molecule has 0 spiro atoms. The van der Waals surface area contributed by atoms with E-state index in [-0.39, 0.29) is 17.8 Å². The highest BCUT2D eigenvalue weighted by molar-refractivity contribution is 5.96. The molecule has 1 saturated heterocycles. The smallest absolute Gasteiger partial charge is 0.339 e. The minimum absolute atomic E-state index is 0.153. The Hall–Kier alpha value is -2.04. The van der Waals surface area contributed by atoms with E-state index < -0.39 is 0 Å². The number of benzene rings is 1. The highest BCUT2D eigenvalue weighted by Gasteiger charge is 2.26. The normalized spacial score (nSPS) is 19.0. The molecule has 1 amide bonds. The number of piperidine rings is 1. The molecule has 0 radical (unpaired) electrons. The summed E-state index contributed by atoms with van der Waals surface area (Å²) in [7, 11) is 1.36. The van der Waals surface area contributed by atoms with Gasteiger partial charge in [0, 0.05) is 13.1 Å². The second kappa shape index (κ2) is 5.73. The summed E-state index contributed by atoms with van der Waals surface area (Å²) in [6.45, 7) is 1.38. The highest BCUT2D eigenvalue weighted by atomic mass is 16.5. The van der Waals surface area contributed by atoms with E-state index in [1.807, 2.05) is 17.0 Å². The molecular formula is C14H18N2O3. The molecule has 5 heteroatoms. The largest absolute Gasteiger partial charge is 0.465 e. The van der Waals surface area contributed by atoms with E-state index >= 15 is 0 Å². The number of carbonyl (C=O) groups excluding carboxylic acids is 2. The predicted octanol–water partition coefficient (Wildman–Crippen LogP) is 1.17. The van der Waals surface area contributed by atoms with E-state index in [1.54, 1.807) is 12.1 Å². The van der Waals surface area contributed by atoms with Crippen LogP contribution in [0.4, 0.5) is 5.69 Å². The number of amides is 1. The third kappa shape index (κ3) is 2.86. The Kier molecular flexibility index (Phi) is 4.04. The fraction of sp³-hybridized carbons (Fsp3) is 0.429. The maximum absolute atomic E-state index is 11.8. The summed E-state index contributed by atoms with van der Waals surface area (Å²) in [5.41, 5.74) is 6.70. The molecule has 1 fully saturated rings. The van der Waals surface area contributed by atoms with Gasteiger partial charge in [0.25, 0.3) is 0 Å². The molecule has 5 nitrogen and oxygen atoms in total. The summed E-state index contributed by atoms with van der Waals surface area (Å²) < 4.78 is 4.78. The quantitative estimate of drug-likeness (QED) is 0.830. The van der Waals surface area contributed by atoms with Crippen molar-refractivity contribution in [1.82, 2.24) is 0 Å². The Morgan fingerprint density at radius 3 is 2.79 bits per heavy atom. The van der Waals surface area contributed by atoms with Crippen molar-refractivity contribution in [2.45, 2.75) is 12.8 Å². The van der Waals surface area contributed by atoms with Gasteiger partial charge >= 0.3 is 5.97 Å². The first-order valence-electron chi connectivity index (χ1n) is 6.35. The maximum atomic E-state index is 11.8. The predicted molar refractivity (Wildman–Crippen MR) is 71.9 cm³/mol. The Morgan fingerprint density at radius 2 is 2.11 bits per heavy atom. The molecule has 0 bridgehead atoms. The number of hydrogen-bond donors (Lipinski definition) is 1. The molecule has 1 unspecified atom stereocenters. The van der Waals surface area contributed by atoms with Crippen molar-refractivity contribution < 1.29 is 14.3 Å². The number of anilines is 1. The summed E-state index contributed by atoms with van der Waals surface area (Å²) in [6, 6.07) is 7.27. The van der Waals surface area contributed by atoms with E-state index in [0.29, 0.717) is 12.1 Å². The zero-order valence-electron chi connectivity index (χ0n) is 11.0. The first-order valence-corrected chi connectivity index (χ1v) is 6.35. The van der Waals surface area contributed by atoms with E-state index in [2.05, 4.69) is 0 Å². The molecule has 2 rings (SSSR count). The minimum atomic E-state index is -0.364. The highest BCUT2D eigenvalue weighted by Crippen LogP contribution is 2.26. The molecule has 1 aliphatic rings. The van der Waals surface area contributed by atoms with Gasteiger partial charge < -0.3 is 15.4 Å². The molecule has 0 saturated carbocycles. The van der Waals surface area contributed by atoms with Gasteiger partial charge in [-0.05, 0) is 25.0 Å². The molecule has 1 atom stereocenters. The minimum Gasteiger partial charge on any atom is -0.465 e. The van der Waals surface area contributed by atoms with E-state index in [0.717, 1.165) is 25.1 Å². The molecule has 102 valence electrons. The van der Waals surface area contributed by atoms with E-state index in [4.69, 9.17) is 10.5 Å². The molecule has 1 aliphatic heterocycles. The third-order valence-electron chi connectivity index (χ3n) is 3.47. The van der Waals surface area contributed by atoms with Crippen molar-refractivity contribution in [2.75, 3.05) is 25.1 Å². The number of esters is 1. The lowest BCUT2D eigenvalue weighted by atomic mass is 9.96. The topological polar surface area (TPSA) is 72.6 Å². The van der Waals surface area contributed by atoms with Crippen LogP contribution in [0.1, 0.15) is 23.2 Å². The van der Waals surface area contributed by atoms with Crippen LogP contribution in [0, 0.1) is 5.92 Å². The van der Waals surface area contributed by atoms with Crippen molar-refractivity contribution in [3.05, 3.63) is 29.8 Å². The van der Waals surface area contributed by atoms with E-state index in [1.165, 1.54) is 7.11 Å². The lowest BCUT2D eigenvalue weighted by Crippen LogP contribution is -2.41. The zero-order chi connectivity index (χ0) is 13.8. The van der Waals surface area contributed by atoms with Crippen molar-refractivity contribution >= 4 is 17.6 Å². The van der Waals surface area contributed by atoms with Crippen molar-refractivity contribution in [3.63, 3.8) is 0 Å². The number of methoxy groups -OCH3 is 1. The van der Waals surface area contributed by atoms with Gasteiger partial charge in [-0.15, -0.1) is 0 Å². The first kappa shape index (κ1) is 13.4. The van der Waals surface area contributed by atoms with Gasteiger partial charge in [-0.1, -0.05) is 12.1 Å². The van der Waals surface area contributed by atoms with Crippen LogP contribution in [0.25, 0.3) is 0 Å².